The molecule has 0 saturated carbocycles. The van der Waals surface area contributed by atoms with Crippen molar-refractivity contribution in [3.63, 3.8) is 0 Å². The molecule has 2 aromatic rings. The molecule has 1 aliphatic carbocycles. The zero-order valence-electron chi connectivity index (χ0n) is 16.8. The monoisotopic (exact) mass is 415 g/mol. The molecule has 0 amide bonds. The van der Waals surface area contributed by atoms with Crippen LogP contribution in [0.15, 0.2) is 54.6 Å². The molecule has 0 radical (unpaired) electrons. The van der Waals surface area contributed by atoms with E-state index in [0.717, 1.165) is 18.9 Å². The number of quaternary nitrogens is 1. The van der Waals surface area contributed by atoms with E-state index in [1.54, 1.807) is 4.90 Å². The molecule has 6 heteroatoms. The molecule has 0 spiro atoms. The Labute approximate surface area is 173 Å². The zero-order valence-corrected chi connectivity index (χ0v) is 17.6. The zero-order chi connectivity index (χ0) is 20.9. The van der Waals surface area contributed by atoms with Gasteiger partial charge in [-0.2, -0.15) is 0 Å². The second-order valence-corrected chi connectivity index (χ2v) is 8.74. The van der Waals surface area contributed by atoms with Crippen molar-refractivity contribution < 1.29 is 22.4 Å². The Morgan fingerprint density at radius 2 is 1.55 bits per heavy atom. The number of rotatable bonds is 2. The van der Waals surface area contributed by atoms with E-state index >= 15 is 0 Å². The van der Waals surface area contributed by atoms with Crippen LogP contribution in [0.1, 0.15) is 47.9 Å². The highest BCUT2D eigenvalue weighted by Crippen LogP contribution is 2.33. The Morgan fingerprint density at radius 3 is 2.07 bits per heavy atom. The summed E-state index contributed by atoms with van der Waals surface area (Å²) < 4.78 is 32.8. The summed E-state index contributed by atoms with van der Waals surface area (Å²) in [6.45, 7) is 1.33. The average molecular weight is 416 g/mol. The van der Waals surface area contributed by atoms with E-state index in [-0.39, 0.29) is 0 Å². The second kappa shape index (κ2) is 9.67. The molecule has 29 heavy (non-hydrogen) atoms. The maximum absolute atomic E-state index is 8.63. The molecule has 2 N–H and O–H groups in total. The Bertz CT molecular complexity index is 911. The number of benzene rings is 2. The summed E-state index contributed by atoms with van der Waals surface area (Å²) in [5.74, 6) is 0. The molecule has 1 saturated heterocycles. The van der Waals surface area contributed by atoms with E-state index < -0.39 is 10.4 Å². The first-order valence-corrected chi connectivity index (χ1v) is 11.6. The van der Waals surface area contributed by atoms with E-state index in [2.05, 4.69) is 61.7 Å². The maximum atomic E-state index is 8.63. The van der Waals surface area contributed by atoms with Crippen LogP contribution in [0.3, 0.4) is 0 Å². The van der Waals surface area contributed by atoms with Crippen LogP contribution in [0.25, 0.3) is 5.57 Å². The molecular weight excluding hydrogens is 386 g/mol. The molecule has 156 valence electrons. The van der Waals surface area contributed by atoms with Gasteiger partial charge in [0.15, 0.2) is 0 Å². The summed E-state index contributed by atoms with van der Waals surface area (Å²) in [4.78, 5) is 1.72. The fourth-order valence-electron chi connectivity index (χ4n) is 4.46. The van der Waals surface area contributed by atoms with E-state index in [0.29, 0.717) is 0 Å². The minimum absolute atomic E-state index is 0.786. The number of aryl methyl sites for hydroxylation is 2. The molecule has 0 bridgehead atoms. The Morgan fingerprint density at radius 1 is 1.03 bits per heavy atom. The topological polar surface area (TPSA) is 81.9 Å². The normalized spacial score (nSPS) is 21.1. The van der Waals surface area contributed by atoms with Crippen molar-refractivity contribution >= 4 is 16.0 Å². The molecule has 1 aliphatic heterocycles. The summed E-state index contributed by atoms with van der Waals surface area (Å²) in [5, 5.41) is 0. The van der Waals surface area contributed by atoms with E-state index in [9.17, 15) is 0 Å². The Hall–Kier alpha value is -1.99. The highest BCUT2D eigenvalue weighted by Gasteiger charge is 2.23. The van der Waals surface area contributed by atoms with Crippen LogP contribution in [-0.2, 0) is 23.2 Å². The van der Waals surface area contributed by atoms with Gasteiger partial charge in [-0.05, 0) is 59.9 Å². The molecule has 2 aliphatic rings. The van der Waals surface area contributed by atoms with Gasteiger partial charge in [-0.3, -0.25) is 4.55 Å². The van der Waals surface area contributed by atoms with E-state index in [1.807, 2.05) is 0 Å². The lowest BCUT2D eigenvalue weighted by Gasteiger charge is -2.29. The SMILES string of the molecule is C[NH+]1CCCCC1CC=C1c2ccccc2CCc2ccccc21.O=S(=O)([O-])O. The number of hydrogen-bond donors (Lipinski definition) is 2. The third-order valence-corrected chi connectivity index (χ3v) is 5.96. The Balaban J connectivity index is 0.000000431. The summed E-state index contributed by atoms with van der Waals surface area (Å²) in [6, 6.07) is 18.8. The van der Waals surface area contributed by atoms with Crippen molar-refractivity contribution in [2.24, 2.45) is 0 Å². The van der Waals surface area contributed by atoms with Crippen molar-refractivity contribution in [2.75, 3.05) is 13.6 Å². The van der Waals surface area contributed by atoms with Crippen LogP contribution in [0, 0.1) is 0 Å². The third kappa shape index (κ3) is 6.24. The van der Waals surface area contributed by atoms with Crippen LogP contribution in [0.4, 0.5) is 0 Å². The highest BCUT2D eigenvalue weighted by molar-refractivity contribution is 7.79. The minimum Gasteiger partial charge on any atom is -0.726 e. The van der Waals surface area contributed by atoms with Crippen molar-refractivity contribution in [1.29, 1.82) is 0 Å². The van der Waals surface area contributed by atoms with Crippen molar-refractivity contribution in [2.45, 2.75) is 44.6 Å². The van der Waals surface area contributed by atoms with E-state index in [1.165, 1.54) is 60.1 Å². The molecular formula is C23H29NO4S. The Kier molecular flexibility index (Phi) is 7.24. The number of nitrogens with one attached hydrogen (secondary N) is 1. The standard InChI is InChI=1S/C23H27N.H2O4S/c1-24-17-7-6-10-20(24)15-16-23-21-11-4-2-8-18(21)13-14-19-9-3-5-12-22(19)23;1-5(2,3)4/h2-5,8-9,11-12,16,20H,6-7,10,13-15,17H2,1H3;(H2,1,2,3,4). The van der Waals surface area contributed by atoms with Crippen molar-refractivity contribution in [3.8, 4) is 0 Å². The number of likely N-dealkylation sites (tertiary alicyclic amines) is 1. The maximum Gasteiger partial charge on any atom is 0.215 e. The summed E-state index contributed by atoms with van der Waals surface area (Å²) >= 11 is 0. The smallest absolute Gasteiger partial charge is 0.215 e. The van der Waals surface area contributed by atoms with Crippen LogP contribution in [0.2, 0.25) is 0 Å². The van der Waals surface area contributed by atoms with Crippen molar-refractivity contribution in [1.82, 2.24) is 0 Å². The molecule has 0 aromatic heterocycles. The molecule has 4 rings (SSSR count). The first kappa shape index (κ1) is 21.7. The molecule has 1 heterocycles. The second-order valence-electron chi connectivity index (χ2n) is 7.88. The largest absolute Gasteiger partial charge is 0.726 e. The van der Waals surface area contributed by atoms with Crippen LogP contribution in [0.5, 0.6) is 0 Å². The fraction of sp³-hybridized carbons (Fsp3) is 0.391. The van der Waals surface area contributed by atoms with Gasteiger partial charge in [0.1, 0.15) is 0 Å². The third-order valence-electron chi connectivity index (χ3n) is 5.96. The van der Waals surface area contributed by atoms with Gasteiger partial charge < -0.3 is 9.45 Å². The molecule has 2 aromatic carbocycles. The molecule has 2 unspecified atom stereocenters. The van der Waals surface area contributed by atoms with Gasteiger partial charge in [0.25, 0.3) is 0 Å². The first-order chi connectivity index (χ1) is 13.8. The molecule has 2 atom stereocenters. The average Bonchev–Trinajstić information content (AvgIpc) is 2.83. The lowest BCUT2D eigenvalue weighted by atomic mass is 9.91. The lowest BCUT2D eigenvalue weighted by molar-refractivity contribution is -0.910. The van der Waals surface area contributed by atoms with Gasteiger partial charge in [0.05, 0.1) is 19.6 Å². The van der Waals surface area contributed by atoms with Gasteiger partial charge in [0, 0.05) is 6.42 Å². The predicted molar refractivity (Wildman–Crippen MR) is 114 cm³/mol. The van der Waals surface area contributed by atoms with E-state index in [4.69, 9.17) is 17.5 Å². The fourth-order valence-corrected chi connectivity index (χ4v) is 4.46. The molecule has 1 fully saturated rings. The van der Waals surface area contributed by atoms with Gasteiger partial charge in [0.2, 0.25) is 10.4 Å². The number of fused-ring (bicyclic) bond motifs is 2. The summed E-state index contributed by atoms with van der Waals surface area (Å²) in [6.07, 6.45) is 10.2. The van der Waals surface area contributed by atoms with Crippen LogP contribution in [-0.4, -0.2) is 37.2 Å². The van der Waals surface area contributed by atoms with Gasteiger partial charge in [-0.1, -0.05) is 54.6 Å². The van der Waals surface area contributed by atoms with Crippen LogP contribution >= 0.6 is 0 Å². The highest BCUT2D eigenvalue weighted by atomic mass is 32.3. The van der Waals surface area contributed by atoms with Crippen molar-refractivity contribution in [3.05, 3.63) is 76.9 Å². The first-order valence-electron chi connectivity index (χ1n) is 10.2. The van der Waals surface area contributed by atoms with Gasteiger partial charge in [-0.15, -0.1) is 0 Å². The number of hydrogen-bond acceptors (Lipinski definition) is 3. The quantitative estimate of drug-likeness (QED) is 0.584. The number of piperidine rings is 1. The minimum atomic E-state index is -4.92. The summed E-state index contributed by atoms with van der Waals surface area (Å²) in [5.41, 5.74) is 7.39. The van der Waals surface area contributed by atoms with Gasteiger partial charge >= 0.3 is 0 Å². The lowest BCUT2D eigenvalue weighted by Crippen LogP contribution is -3.13. The predicted octanol–water partition coefficient (Wildman–Crippen LogP) is 2.68. The van der Waals surface area contributed by atoms with Gasteiger partial charge in [-0.25, -0.2) is 8.42 Å². The van der Waals surface area contributed by atoms with Crippen LogP contribution < -0.4 is 4.90 Å². The summed E-state index contributed by atoms with van der Waals surface area (Å²) in [7, 11) is -2.54. The molecule has 5 nitrogen and oxygen atoms in total.